The topological polar surface area (TPSA) is 292 Å². The van der Waals surface area contributed by atoms with Crippen LogP contribution in [-0.2, 0) is 43.6 Å². The zero-order chi connectivity index (χ0) is 52.4. The predicted octanol–water partition coefficient (Wildman–Crippen LogP) is 5.06. The number of amides is 5. The van der Waals surface area contributed by atoms with Gasteiger partial charge in [0.2, 0.25) is 17.7 Å². The van der Waals surface area contributed by atoms with Crippen LogP contribution >= 0.6 is 0 Å². The van der Waals surface area contributed by atoms with Gasteiger partial charge in [0.25, 0.3) is 0 Å². The van der Waals surface area contributed by atoms with Gasteiger partial charge in [0, 0.05) is 18.8 Å². The monoisotopic (exact) mass is 1000 g/mol. The van der Waals surface area contributed by atoms with Crippen molar-refractivity contribution in [1.29, 1.82) is 0 Å². The van der Waals surface area contributed by atoms with Crippen LogP contribution in [0.25, 0.3) is 11.2 Å². The molecule has 10 N–H and O–H groups in total. The molecule has 3 heterocycles. The molecule has 0 spiro atoms. The van der Waals surface area contributed by atoms with E-state index in [-0.39, 0.29) is 36.0 Å². The molecule has 1 aliphatic rings. The summed E-state index contributed by atoms with van der Waals surface area (Å²) in [5.41, 5.74) is 14.8. The number of carbonyl (C=O) groups excluding carboxylic acids is 5. The molecule has 2 aromatic carbocycles. The predicted molar refractivity (Wildman–Crippen MR) is 275 cm³/mol. The highest BCUT2D eigenvalue weighted by molar-refractivity contribution is 5.98. The van der Waals surface area contributed by atoms with E-state index < -0.39 is 47.7 Å². The molecule has 0 aliphatic carbocycles. The van der Waals surface area contributed by atoms with Gasteiger partial charge in [-0.2, -0.15) is 9.97 Å². The Balaban J connectivity index is 1.01. The lowest BCUT2D eigenvalue weighted by atomic mass is 9.93. The number of benzene rings is 2. The number of nitrogens with zero attached hydrogens (tertiary/aromatic N) is 4. The van der Waals surface area contributed by atoms with Crippen molar-refractivity contribution in [2.24, 2.45) is 17.6 Å². The van der Waals surface area contributed by atoms with Gasteiger partial charge in [-0.25, -0.2) is 14.4 Å². The molecule has 4 aromatic rings. The SMILES string of the molecule is CCCCOc1nc(N)c2[nH]c(=O)n(Cc3ccc(CN4CCC(CCNC(=O)[C@H](CCCCN)NC(=O)OCc5ccc(NC(=O)[C@H](C)NC(=O)[C@@H](NC(=O)OC(C)(C)C)C(C)C)cc5)CC4)cc3)c2n1. The number of hydrogen-bond acceptors (Lipinski definition) is 14. The minimum absolute atomic E-state index is 0.0773. The fourth-order valence-electron chi connectivity index (χ4n) is 8.06. The van der Waals surface area contributed by atoms with Crippen molar-refractivity contribution >= 4 is 52.6 Å². The van der Waals surface area contributed by atoms with E-state index in [1.807, 2.05) is 12.1 Å². The van der Waals surface area contributed by atoms with Gasteiger partial charge in [-0.1, -0.05) is 63.6 Å². The van der Waals surface area contributed by atoms with E-state index in [9.17, 15) is 28.8 Å². The van der Waals surface area contributed by atoms with Crippen molar-refractivity contribution in [2.45, 2.75) is 143 Å². The van der Waals surface area contributed by atoms with Crippen LogP contribution in [0.15, 0.2) is 53.3 Å². The number of imidazole rings is 1. The fourth-order valence-corrected chi connectivity index (χ4v) is 8.06. The number of fused-ring (bicyclic) bond motifs is 1. The van der Waals surface area contributed by atoms with Crippen molar-refractivity contribution in [1.82, 2.24) is 45.7 Å². The lowest BCUT2D eigenvalue weighted by Crippen LogP contribution is -2.54. The van der Waals surface area contributed by atoms with Gasteiger partial charge in [-0.15, -0.1) is 0 Å². The Labute approximate surface area is 421 Å². The van der Waals surface area contributed by atoms with E-state index in [4.69, 9.17) is 25.7 Å². The van der Waals surface area contributed by atoms with Crippen LogP contribution in [0.3, 0.4) is 0 Å². The van der Waals surface area contributed by atoms with Crippen LogP contribution in [0.1, 0.15) is 117 Å². The number of hydrogen-bond donors (Lipinski definition) is 8. The summed E-state index contributed by atoms with van der Waals surface area (Å²) in [7, 11) is 0. The molecule has 72 heavy (non-hydrogen) atoms. The van der Waals surface area contributed by atoms with E-state index in [1.165, 1.54) is 12.5 Å². The molecule has 0 radical (unpaired) electrons. The summed E-state index contributed by atoms with van der Waals surface area (Å²) < 4.78 is 18.0. The number of aromatic amines is 1. The number of rotatable bonds is 25. The first kappa shape index (κ1) is 56.2. The number of unbranched alkanes of at least 4 members (excludes halogenated alkanes) is 2. The summed E-state index contributed by atoms with van der Waals surface area (Å²) in [5, 5.41) is 13.7. The molecule has 394 valence electrons. The number of piperidine rings is 1. The van der Waals surface area contributed by atoms with Gasteiger partial charge in [0.05, 0.1) is 13.2 Å². The number of nitrogen functional groups attached to an aromatic ring is 1. The zero-order valence-corrected chi connectivity index (χ0v) is 42.9. The Morgan fingerprint density at radius 2 is 1.50 bits per heavy atom. The van der Waals surface area contributed by atoms with Gasteiger partial charge < -0.3 is 57.2 Å². The van der Waals surface area contributed by atoms with Crippen LogP contribution in [0.5, 0.6) is 6.01 Å². The molecular formula is C51H76N12O9. The first-order valence-corrected chi connectivity index (χ1v) is 25.1. The largest absolute Gasteiger partial charge is 0.463 e. The van der Waals surface area contributed by atoms with Crippen LogP contribution in [0.2, 0.25) is 0 Å². The number of anilines is 2. The zero-order valence-electron chi connectivity index (χ0n) is 42.9. The molecular weight excluding hydrogens is 925 g/mol. The second-order valence-electron chi connectivity index (χ2n) is 19.8. The maximum absolute atomic E-state index is 13.4. The average Bonchev–Trinajstić information content (AvgIpc) is 3.64. The highest BCUT2D eigenvalue weighted by Crippen LogP contribution is 2.23. The minimum atomic E-state index is -0.924. The molecule has 1 fully saturated rings. The van der Waals surface area contributed by atoms with E-state index in [2.05, 4.69) is 65.5 Å². The number of nitrogens with two attached hydrogens (primary N) is 2. The summed E-state index contributed by atoms with van der Waals surface area (Å²) in [4.78, 5) is 91.3. The van der Waals surface area contributed by atoms with Crippen molar-refractivity contribution < 1.29 is 38.2 Å². The number of likely N-dealkylation sites (tertiary alicyclic amines) is 1. The van der Waals surface area contributed by atoms with Gasteiger partial charge in [0.15, 0.2) is 11.5 Å². The second-order valence-corrected chi connectivity index (χ2v) is 19.8. The smallest absolute Gasteiger partial charge is 0.408 e. The second kappa shape index (κ2) is 27.2. The molecule has 5 amide bonds. The number of H-pyrrole nitrogens is 1. The maximum atomic E-state index is 13.4. The molecule has 0 bridgehead atoms. The maximum Gasteiger partial charge on any atom is 0.408 e. The van der Waals surface area contributed by atoms with E-state index in [0.29, 0.717) is 73.8 Å². The number of carbonyl (C=O) groups is 5. The Morgan fingerprint density at radius 3 is 2.14 bits per heavy atom. The van der Waals surface area contributed by atoms with Crippen molar-refractivity contribution in [2.75, 3.05) is 43.8 Å². The van der Waals surface area contributed by atoms with Gasteiger partial charge >= 0.3 is 23.9 Å². The third kappa shape index (κ3) is 17.8. The third-order valence-electron chi connectivity index (χ3n) is 12.2. The molecule has 1 saturated heterocycles. The molecule has 21 heteroatoms. The Morgan fingerprint density at radius 1 is 0.833 bits per heavy atom. The van der Waals surface area contributed by atoms with E-state index in [1.54, 1.807) is 63.5 Å². The molecule has 5 rings (SSSR count). The number of nitrogens with one attached hydrogen (secondary N) is 6. The van der Waals surface area contributed by atoms with Gasteiger partial charge in [0.1, 0.15) is 35.9 Å². The first-order valence-electron chi connectivity index (χ1n) is 25.1. The summed E-state index contributed by atoms with van der Waals surface area (Å²) in [6.45, 7) is 16.6. The fraction of sp³-hybridized carbons (Fsp3) is 0.569. The molecule has 3 atom stereocenters. The summed E-state index contributed by atoms with van der Waals surface area (Å²) in [5.74, 6) is -0.934. The number of alkyl carbamates (subject to hydrolysis) is 2. The lowest BCUT2D eigenvalue weighted by Gasteiger charge is -2.32. The molecule has 1 aliphatic heterocycles. The molecule has 0 saturated carbocycles. The number of ether oxygens (including phenoxy) is 3. The highest BCUT2D eigenvalue weighted by atomic mass is 16.6. The third-order valence-corrected chi connectivity index (χ3v) is 12.2. The summed E-state index contributed by atoms with van der Waals surface area (Å²) in [6.07, 6.45) is 4.93. The van der Waals surface area contributed by atoms with Crippen LogP contribution in [0.4, 0.5) is 21.1 Å². The average molecular weight is 1000 g/mol. The lowest BCUT2D eigenvalue weighted by molar-refractivity contribution is -0.128. The van der Waals surface area contributed by atoms with Crippen LogP contribution < -0.4 is 48.5 Å². The molecule has 2 aromatic heterocycles. The molecule has 0 unspecified atom stereocenters. The molecule has 21 nitrogen and oxygen atoms in total. The number of aromatic nitrogens is 4. The van der Waals surface area contributed by atoms with Crippen molar-refractivity contribution in [3.8, 4) is 6.01 Å². The Hall–Kier alpha value is -6.74. The van der Waals surface area contributed by atoms with Gasteiger partial charge in [-0.05, 0) is 133 Å². The van der Waals surface area contributed by atoms with Crippen molar-refractivity contribution in [3.05, 3.63) is 75.7 Å². The quantitative estimate of drug-likeness (QED) is 0.0403. The van der Waals surface area contributed by atoms with Gasteiger partial charge in [-0.3, -0.25) is 23.9 Å². The summed E-state index contributed by atoms with van der Waals surface area (Å²) in [6, 6.07) is 12.4. The van der Waals surface area contributed by atoms with Crippen molar-refractivity contribution in [3.63, 3.8) is 0 Å². The van der Waals surface area contributed by atoms with Crippen LogP contribution in [-0.4, -0.2) is 111 Å². The standard InChI is InChI=1S/C51H76N12O9/c1-8-9-28-70-47-60-42(53)41-43(61-47)63(48(67)58-41)30-36-15-13-35(14-16-36)29-62-26-22-34(23-27-62)21-25-54-45(65)39(12-10-11-24-52)57-49(68)71-31-37-17-19-38(20-18-37)56-44(64)33(4)55-46(66)40(32(2)3)59-50(69)72-51(5,6)7/h13-20,32-34,39-40H,8-12,21-31,52H2,1-7H3,(H,54,65)(H,55,66)(H,56,64)(H,57,68)(H,58,67)(H,59,69)(H2,53,60,61)/t33-,39-,40-/m0/s1. The Kier molecular flexibility index (Phi) is 21.2. The van der Waals surface area contributed by atoms with Crippen LogP contribution in [0, 0.1) is 11.8 Å². The first-order chi connectivity index (χ1) is 34.3. The van der Waals surface area contributed by atoms with E-state index in [0.717, 1.165) is 57.3 Å². The minimum Gasteiger partial charge on any atom is -0.463 e. The highest BCUT2D eigenvalue weighted by Gasteiger charge is 2.29. The summed E-state index contributed by atoms with van der Waals surface area (Å²) >= 11 is 0. The normalized spacial score (nSPS) is 14.5. The Bertz CT molecular complexity index is 2460. The van der Waals surface area contributed by atoms with E-state index >= 15 is 0 Å².